The summed E-state index contributed by atoms with van der Waals surface area (Å²) in [5.74, 6) is 0.0388. The zero-order valence-corrected chi connectivity index (χ0v) is 16.3. The van der Waals surface area contributed by atoms with Gasteiger partial charge in [0.25, 0.3) is 5.91 Å². The number of unbranched alkanes of at least 4 members (excludes halogenated alkanes) is 1. The fourth-order valence-electron chi connectivity index (χ4n) is 2.89. The first-order chi connectivity index (χ1) is 10.7. The van der Waals surface area contributed by atoms with Crippen LogP contribution >= 0.6 is 24.8 Å². The first-order valence-corrected chi connectivity index (χ1v) is 8.61. The second-order valence-corrected chi connectivity index (χ2v) is 6.00. The summed E-state index contributed by atoms with van der Waals surface area (Å²) in [7, 11) is 0. The predicted molar refractivity (Wildman–Crippen MR) is 107 cm³/mol. The summed E-state index contributed by atoms with van der Waals surface area (Å²) in [5.41, 5.74) is 1.95. The molecule has 0 radical (unpaired) electrons. The smallest absolute Gasteiger partial charge is 0.251 e. The van der Waals surface area contributed by atoms with E-state index in [9.17, 15) is 4.79 Å². The molecule has 1 aliphatic rings. The summed E-state index contributed by atoms with van der Waals surface area (Å²) in [6.45, 7) is 8.40. The minimum atomic E-state index is 0. The molecule has 1 atom stereocenters. The van der Waals surface area contributed by atoms with E-state index in [1.165, 1.54) is 18.5 Å². The number of hydrogen-bond donors (Lipinski definition) is 2. The van der Waals surface area contributed by atoms with Crippen molar-refractivity contribution in [2.75, 3.05) is 31.1 Å². The normalized spacial score (nSPS) is 16.5. The van der Waals surface area contributed by atoms with Crippen LogP contribution in [0.25, 0.3) is 0 Å². The Balaban J connectivity index is 0.00000264. The highest BCUT2D eigenvalue weighted by atomic mass is 35.5. The Bertz CT molecular complexity index is 462. The number of benzene rings is 1. The van der Waals surface area contributed by atoms with E-state index in [0.717, 1.165) is 44.6 Å². The number of rotatable bonds is 7. The molecule has 1 unspecified atom stereocenters. The van der Waals surface area contributed by atoms with Crippen molar-refractivity contribution in [2.24, 2.45) is 0 Å². The standard InChI is InChI=1S/C18H29N3O.2ClH/c1-3-5-13-21(4-2)17-10-8-15(9-11-17)18(22)20-16-7-6-12-19-14-16;;/h8-11,16,19H,3-7,12-14H2,1-2H3,(H,20,22);2*1H. The molecule has 0 bridgehead atoms. The molecular weight excluding hydrogens is 345 g/mol. The molecule has 138 valence electrons. The average molecular weight is 376 g/mol. The molecule has 0 aliphatic carbocycles. The Morgan fingerprint density at radius 3 is 2.50 bits per heavy atom. The molecule has 2 rings (SSSR count). The number of anilines is 1. The van der Waals surface area contributed by atoms with Crippen molar-refractivity contribution >= 4 is 36.4 Å². The van der Waals surface area contributed by atoms with Crippen molar-refractivity contribution in [3.63, 3.8) is 0 Å². The number of nitrogens with one attached hydrogen (secondary N) is 2. The molecule has 1 aromatic rings. The lowest BCUT2D eigenvalue weighted by Crippen LogP contribution is -2.45. The van der Waals surface area contributed by atoms with Crippen LogP contribution in [0.5, 0.6) is 0 Å². The van der Waals surface area contributed by atoms with Crippen molar-refractivity contribution < 1.29 is 4.79 Å². The predicted octanol–water partition coefficient (Wildman–Crippen LogP) is 3.64. The summed E-state index contributed by atoms with van der Waals surface area (Å²) in [6.07, 6.45) is 4.60. The lowest BCUT2D eigenvalue weighted by atomic mass is 10.1. The molecule has 4 nitrogen and oxygen atoms in total. The topological polar surface area (TPSA) is 44.4 Å². The van der Waals surface area contributed by atoms with Crippen LogP contribution in [0, 0.1) is 0 Å². The van der Waals surface area contributed by atoms with Crippen LogP contribution < -0.4 is 15.5 Å². The molecule has 2 N–H and O–H groups in total. The first-order valence-electron chi connectivity index (χ1n) is 8.61. The second-order valence-electron chi connectivity index (χ2n) is 6.00. The van der Waals surface area contributed by atoms with Gasteiger partial charge in [-0.25, -0.2) is 0 Å². The van der Waals surface area contributed by atoms with Gasteiger partial charge in [-0.15, -0.1) is 24.8 Å². The molecule has 1 amide bonds. The monoisotopic (exact) mass is 375 g/mol. The number of nitrogens with zero attached hydrogens (tertiary/aromatic N) is 1. The third-order valence-electron chi connectivity index (χ3n) is 4.29. The van der Waals surface area contributed by atoms with E-state index in [-0.39, 0.29) is 36.8 Å². The van der Waals surface area contributed by atoms with Crippen LogP contribution in [0.4, 0.5) is 5.69 Å². The van der Waals surface area contributed by atoms with Crippen LogP contribution in [-0.4, -0.2) is 38.1 Å². The molecule has 1 saturated heterocycles. The van der Waals surface area contributed by atoms with E-state index in [0.29, 0.717) is 0 Å². The number of carbonyl (C=O) groups is 1. The van der Waals surface area contributed by atoms with Crippen LogP contribution in [0.1, 0.15) is 49.9 Å². The lowest BCUT2D eigenvalue weighted by Gasteiger charge is -2.24. The largest absolute Gasteiger partial charge is 0.372 e. The van der Waals surface area contributed by atoms with E-state index < -0.39 is 0 Å². The maximum atomic E-state index is 12.3. The minimum Gasteiger partial charge on any atom is -0.372 e. The molecule has 0 saturated carbocycles. The maximum Gasteiger partial charge on any atom is 0.251 e. The average Bonchev–Trinajstić information content (AvgIpc) is 2.57. The Morgan fingerprint density at radius 2 is 1.96 bits per heavy atom. The maximum absolute atomic E-state index is 12.3. The van der Waals surface area contributed by atoms with E-state index in [1.807, 2.05) is 12.1 Å². The third-order valence-corrected chi connectivity index (χ3v) is 4.29. The zero-order valence-electron chi connectivity index (χ0n) is 14.7. The van der Waals surface area contributed by atoms with Gasteiger partial charge in [0, 0.05) is 36.9 Å². The van der Waals surface area contributed by atoms with Crippen molar-refractivity contribution in [1.82, 2.24) is 10.6 Å². The highest BCUT2D eigenvalue weighted by molar-refractivity contribution is 5.94. The van der Waals surface area contributed by atoms with Crippen LogP contribution in [-0.2, 0) is 0 Å². The molecular formula is C18H31Cl2N3O. The molecule has 24 heavy (non-hydrogen) atoms. The molecule has 1 fully saturated rings. The second kappa shape index (κ2) is 12.4. The summed E-state index contributed by atoms with van der Waals surface area (Å²) in [4.78, 5) is 14.6. The summed E-state index contributed by atoms with van der Waals surface area (Å²) >= 11 is 0. The van der Waals surface area contributed by atoms with Gasteiger partial charge in [-0.3, -0.25) is 4.79 Å². The number of carbonyl (C=O) groups excluding carboxylic acids is 1. The fourth-order valence-corrected chi connectivity index (χ4v) is 2.89. The summed E-state index contributed by atoms with van der Waals surface area (Å²) < 4.78 is 0. The Labute approximate surface area is 158 Å². The number of amides is 1. The summed E-state index contributed by atoms with van der Waals surface area (Å²) in [5, 5.41) is 6.44. The highest BCUT2D eigenvalue weighted by Gasteiger charge is 2.16. The van der Waals surface area contributed by atoms with Gasteiger partial charge in [-0.2, -0.15) is 0 Å². The molecule has 6 heteroatoms. The molecule has 1 aromatic carbocycles. The van der Waals surface area contributed by atoms with Crippen molar-refractivity contribution in [3.8, 4) is 0 Å². The zero-order chi connectivity index (χ0) is 15.8. The van der Waals surface area contributed by atoms with Crippen molar-refractivity contribution in [2.45, 2.75) is 45.6 Å². The number of halogens is 2. The van der Waals surface area contributed by atoms with Gasteiger partial charge in [0.15, 0.2) is 0 Å². The minimum absolute atomic E-state index is 0. The van der Waals surface area contributed by atoms with Gasteiger partial charge < -0.3 is 15.5 Å². The number of hydrogen-bond acceptors (Lipinski definition) is 3. The van der Waals surface area contributed by atoms with Crippen molar-refractivity contribution in [1.29, 1.82) is 0 Å². The van der Waals surface area contributed by atoms with Crippen LogP contribution in [0.3, 0.4) is 0 Å². The van der Waals surface area contributed by atoms with Crippen molar-refractivity contribution in [3.05, 3.63) is 29.8 Å². The molecule has 0 aromatic heterocycles. The Morgan fingerprint density at radius 1 is 1.25 bits per heavy atom. The van der Waals surface area contributed by atoms with E-state index in [2.05, 4.69) is 41.5 Å². The lowest BCUT2D eigenvalue weighted by molar-refractivity contribution is 0.0930. The van der Waals surface area contributed by atoms with Gasteiger partial charge in [0.2, 0.25) is 0 Å². The van der Waals surface area contributed by atoms with Crippen LogP contribution in [0.2, 0.25) is 0 Å². The van der Waals surface area contributed by atoms with E-state index in [1.54, 1.807) is 0 Å². The van der Waals surface area contributed by atoms with Gasteiger partial charge >= 0.3 is 0 Å². The van der Waals surface area contributed by atoms with Gasteiger partial charge in [0.1, 0.15) is 0 Å². The highest BCUT2D eigenvalue weighted by Crippen LogP contribution is 2.16. The van der Waals surface area contributed by atoms with E-state index in [4.69, 9.17) is 0 Å². The molecule has 0 spiro atoms. The quantitative estimate of drug-likeness (QED) is 0.764. The summed E-state index contributed by atoms with van der Waals surface area (Å²) in [6, 6.07) is 8.27. The fraction of sp³-hybridized carbons (Fsp3) is 0.611. The van der Waals surface area contributed by atoms with E-state index >= 15 is 0 Å². The number of piperidine rings is 1. The molecule has 1 heterocycles. The third kappa shape index (κ3) is 6.88. The van der Waals surface area contributed by atoms with Gasteiger partial charge in [-0.05, 0) is 57.0 Å². The Hall–Kier alpha value is -0.970. The van der Waals surface area contributed by atoms with Gasteiger partial charge in [-0.1, -0.05) is 13.3 Å². The Kier molecular flexibility index (Phi) is 11.9. The first kappa shape index (κ1) is 23.0. The van der Waals surface area contributed by atoms with Gasteiger partial charge in [0.05, 0.1) is 0 Å². The van der Waals surface area contributed by atoms with Crippen LogP contribution in [0.15, 0.2) is 24.3 Å². The molecule has 1 aliphatic heterocycles. The SMILES string of the molecule is CCCCN(CC)c1ccc(C(=O)NC2CCCNC2)cc1.Cl.Cl.